The van der Waals surface area contributed by atoms with Crippen molar-refractivity contribution in [2.45, 2.75) is 39.1 Å². The number of carboxylic acid groups (broad SMARTS) is 1. The molecule has 0 aliphatic carbocycles. The zero-order chi connectivity index (χ0) is 30.1. The second kappa shape index (κ2) is 11.3. The minimum absolute atomic E-state index is 0.212. The monoisotopic (exact) mass is 579 g/mol. The molecule has 0 saturated carbocycles. The fourth-order valence-corrected chi connectivity index (χ4v) is 4.43. The van der Waals surface area contributed by atoms with Crippen LogP contribution >= 0.6 is 0 Å². The summed E-state index contributed by atoms with van der Waals surface area (Å²) < 4.78 is 49.5. The van der Waals surface area contributed by atoms with Crippen LogP contribution in [0.1, 0.15) is 29.9 Å². The summed E-state index contributed by atoms with van der Waals surface area (Å²) in [5, 5.41) is 29.1. The number of piperazine rings is 1. The molecular formula is C26H29F4N7O4. The summed E-state index contributed by atoms with van der Waals surface area (Å²) in [4.78, 5) is 28.6. The van der Waals surface area contributed by atoms with Crippen LogP contribution < -0.4 is 15.5 Å². The number of nitrogens with one attached hydrogen (secondary N) is 2. The summed E-state index contributed by atoms with van der Waals surface area (Å²) in [6, 6.07) is 4.95. The number of hydrogen-bond acceptors (Lipinski definition) is 7. The Bertz CT molecular complexity index is 1580. The Hall–Kier alpha value is -4.24. The topological polar surface area (TPSA) is 137 Å². The zero-order valence-corrected chi connectivity index (χ0v) is 22.5. The van der Waals surface area contributed by atoms with Crippen molar-refractivity contribution in [2.24, 2.45) is 0 Å². The fourth-order valence-electron chi connectivity index (χ4n) is 4.43. The minimum atomic E-state index is -5.08. The number of fused-ring (bicyclic) bond motifs is 2. The van der Waals surface area contributed by atoms with E-state index in [1.807, 2.05) is 12.3 Å². The fraction of sp³-hybridized carbons (Fsp3) is 0.385. The molecule has 0 bridgehead atoms. The van der Waals surface area contributed by atoms with Crippen LogP contribution in [0.4, 0.5) is 28.9 Å². The number of aryl methyl sites for hydroxylation is 1. The van der Waals surface area contributed by atoms with E-state index in [9.17, 15) is 27.5 Å². The molecule has 41 heavy (non-hydrogen) atoms. The van der Waals surface area contributed by atoms with Crippen molar-refractivity contribution >= 4 is 39.8 Å². The number of carbonyl (C=O) groups excluding carboxylic acids is 1. The maximum atomic E-state index is 14.5. The van der Waals surface area contributed by atoms with Gasteiger partial charge in [-0.1, -0.05) is 0 Å². The van der Waals surface area contributed by atoms with E-state index in [0.29, 0.717) is 22.5 Å². The van der Waals surface area contributed by atoms with Crippen LogP contribution in [0.3, 0.4) is 0 Å². The Morgan fingerprint density at radius 2 is 1.78 bits per heavy atom. The molecule has 15 heteroatoms. The third-order valence-corrected chi connectivity index (χ3v) is 6.08. The number of hydrogen-bond donors (Lipinski definition) is 4. The molecule has 4 heterocycles. The lowest BCUT2D eigenvalue weighted by atomic mass is 10.1. The minimum Gasteiger partial charge on any atom is -0.475 e. The van der Waals surface area contributed by atoms with E-state index in [2.05, 4.69) is 25.6 Å². The summed E-state index contributed by atoms with van der Waals surface area (Å²) in [5.74, 6) is -3.66. The first-order valence-electron chi connectivity index (χ1n) is 12.6. The number of aliphatic hydroxyl groups is 1. The van der Waals surface area contributed by atoms with Crippen molar-refractivity contribution in [2.75, 3.05) is 36.4 Å². The molecule has 1 fully saturated rings. The van der Waals surface area contributed by atoms with Crippen molar-refractivity contribution in [3.63, 3.8) is 0 Å². The number of nitrogens with zero attached hydrogens (tertiary/aromatic N) is 5. The number of imidazole rings is 1. The molecule has 1 amide bonds. The van der Waals surface area contributed by atoms with Crippen LogP contribution in [0, 0.1) is 12.7 Å². The molecular weight excluding hydrogens is 550 g/mol. The average molecular weight is 580 g/mol. The molecule has 4 N–H and O–H groups in total. The molecule has 1 saturated heterocycles. The number of pyridine rings is 1. The van der Waals surface area contributed by atoms with E-state index in [-0.39, 0.29) is 18.1 Å². The maximum absolute atomic E-state index is 14.5. The molecule has 0 spiro atoms. The van der Waals surface area contributed by atoms with Gasteiger partial charge >= 0.3 is 12.1 Å². The average Bonchev–Trinajstić information content (AvgIpc) is 3.45. The smallest absolute Gasteiger partial charge is 0.475 e. The third-order valence-electron chi connectivity index (χ3n) is 6.08. The number of aromatic nitrogens is 4. The molecule has 1 aliphatic rings. The lowest BCUT2D eigenvalue weighted by Gasteiger charge is -2.30. The first kappa shape index (κ1) is 29.7. The summed E-state index contributed by atoms with van der Waals surface area (Å²) in [5.41, 5.74) is 2.17. The largest absolute Gasteiger partial charge is 0.490 e. The van der Waals surface area contributed by atoms with Gasteiger partial charge in [-0.15, -0.1) is 0 Å². The number of carboxylic acids is 1. The van der Waals surface area contributed by atoms with Crippen molar-refractivity contribution in [1.82, 2.24) is 24.5 Å². The predicted molar refractivity (Wildman–Crippen MR) is 143 cm³/mol. The van der Waals surface area contributed by atoms with E-state index in [1.165, 1.54) is 6.07 Å². The van der Waals surface area contributed by atoms with Crippen LogP contribution in [-0.2, 0) is 11.3 Å². The first-order chi connectivity index (χ1) is 19.1. The lowest BCUT2D eigenvalue weighted by Crippen LogP contribution is -2.43. The highest BCUT2D eigenvalue weighted by molar-refractivity contribution is 6.13. The number of alkyl halides is 3. The Morgan fingerprint density at radius 3 is 2.39 bits per heavy atom. The number of halogens is 4. The van der Waals surface area contributed by atoms with Gasteiger partial charge in [0.25, 0.3) is 5.91 Å². The van der Waals surface area contributed by atoms with Crippen LogP contribution in [0.2, 0.25) is 0 Å². The Kier molecular flexibility index (Phi) is 8.22. The van der Waals surface area contributed by atoms with Gasteiger partial charge in [0.05, 0.1) is 29.1 Å². The number of aliphatic carboxylic acids is 1. The molecule has 220 valence electrons. The van der Waals surface area contributed by atoms with Gasteiger partial charge in [-0.3, -0.25) is 9.48 Å². The van der Waals surface area contributed by atoms with Gasteiger partial charge < -0.3 is 30.1 Å². The lowest BCUT2D eigenvalue weighted by molar-refractivity contribution is -0.192. The number of rotatable bonds is 5. The molecule has 11 nitrogen and oxygen atoms in total. The normalized spacial score (nSPS) is 14.2. The quantitative estimate of drug-likeness (QED) is 0.265. The van der Waals surface area contributed by atoms with E-state index in [1.54, 1.807) is 48.3 Å². The number of carbonyl (C=O) groups is 2. The summed E-state index contributed by atoms with van der Waals surface area (Å²) in [7, 11) is 0. The highest BCUT2D eigenvalue weighted by Crippen LogP contribution is 2.30. The van der Waals surface area contributed by atoms with E-state index < -0.39 is 23.6 Å². The molecule has 0 atom stereocenters. The van der Waals surface area contributed by atoms with Crippen molar-refractivity contribution in [1.29, 1.82) is 0 Å². The third kappa shape index (κ3) is 7.10. The Balaban J connectivity index is 0.000000493. The number of anilines is 2. The van der Waals surface area contributed by atoms with Gasteiger partial charge in [0.1, 0.15) is 5.52 Å². The van der Waals surface area contributed by atoms with E-state index in [4.69, 9.17) is 9.90 Å². The maximum Gasteiger partial charge on any atom is 0.490 e. The molecule has 4 aromatic rings. The van der Waals surface area contributed by atoms with Gasteiger partial charge in [0.2, 0.25) is 0 Å². The van der Waals surface area contributed by atoms with Gasteiger partial charge in [0.15, 0.2) is 11.5 Å². The highest BCUT2D eigenvalue weighted by atomic mass is 19.4. The van der Waals surface area contributed by atoms with Gasteiger partial charge in [-0.2, -0.15) is 18.3 Å². The molecule has 3 aromatic heterocycles. The van der Waals surface area contributed by atoms with E-state index >= 15 is 0 Å². The molecule has 1 aromatic carbocycles. The second-order valence-electron chi connectivity index (χ2n) is 10.2. The molecule has 1 aliphatic heterocycles. The van der Waals surface area contributed by atoms with Crippen molar-refractivity contribution < 1.29 is 37.4 Å². The van der Waals surface area contributed by atoms with Crippen LogP contribution in [0.15, 0.2) is 36.8 Å². The Morgan fingerprint density at radius 1 is 1.12 bits per heavy atom. The molecule has 5 rings (SSSR count). The van der Waals surface area contributed by atoms with Gasteiger partial charge in [-0.05, 0) is 32.9 Å². The first-order valence-corrected chi connectivity index (χ1v) is 12.6. The predicted octanol–water partition coefficient (Wildman–Crippen LogP) is 3.20. The molecule has 0 radical (unpaired) electrons. The second-order valence-corrected chi connectivity index (χ2v) is 10.2. The highest BCUT2D eigenvalue weighted by Gasteiger charge is 2.38. The number of benzene rings is 1. The van der Waals surface area contributed by atoms with Crippen molar-refractivity contribution in [3.8, 4) is 0 Å². The SMILES string of the molecule is Cc1cn2cc(NC(=O)c3ccc(N4CCNCC4)c4cn(CC(C)(C)O)nc34)cc(F)c2n1.O=C(O)C(F)(F)F. The summed E-state index contributed by atoms with van der Waals surface area (Å²) in [6.45, 7) is 8.95. The van der Waals surface area contributed by atoms with Gasteiger partial charge in [0, 0.05) is 61.9 Å². The Labute approximate surface area is 231 Å². The summed E-state index contributed by atoms with van der Waals surface area (Å²) in [6.07, 6.45) is 0.129. The van der Waals surface area contributed by atoms with Crippen molar-refractivity contribution in [3.05, 3.63) is 53.9 Å². The van der Waals surface area contributed by atoms with Gasteiger partial charge in [-0.25, -0.2) is 14.2 Å². The van der Waals surface area contributed by atoms with E-state index in [0.717, 1.165) is 37.3 Å². The summed E-state index contributed by atoms with van der Waals surface area (Å²) >= 11 is 0. The zero-order valence-electron chi connectivity index (χ0n) is 22.5. The van der Waals surface area contributed by atoms with Crippen LogP contribution in [-0.4, -0.2) is 79.2 Å². The van der Waals surface area contributed by atoms with Crippen LogP contribution in [0.25, 0.3) is 16.6 Å². The van der Waals surface area contributed by atoms with Crippen LogP contribution in [0.5, 0.6) is 0 Å². The standard InChI is InChI=1S/C24H28FN7O2.C2HF3O2/c1-15-11-31-12-16(10-19(25)22(31)27-15)28-23(33)17-4-5-20(30-8-6-26-7-9-30)18-13-32(29-21(17)18)14-24(2,3)34;3-2(4,5)1(6)7/h4-5,10-13,26,34H,6-9,14H2,1-3H3,(H,28,33);(H,6,7). The molecule has 0 unspecified atom stereocenters. The number of amides is 1.